The summed E-state index contributed by atoms with van der Waals surface area (Å²) in [7, 11) is -3.81. The molecule has 8 rings (SSSR count). The monoisotopic (exact) mass is 988 g/mol. The number of aromatic nitrogens is 1. The van der Waals surface area contributed by atoms with Crippen LogP contribution >= 0.6 is 35.3 Å². The first kappa shape index (κ1) is 48.2. The van der Waals surface area contributed by atoms with E-state index in [1.165, 1.54) is 6.07 Å². The maximum absolute atomic E-state index is 14.2. The lowest BCUT2D eigenvalue weighted by atomic mass is 9.96. The van der Waals surface area contributed by atoms with Crippen molar-refractivity contribution >= 4 is 73.9 Å². The molecule has 352 valence electrons. The average Bonchev–Trinajstić information content (AvgIpc) is 3.95. The Kier molecular flexibility index (Phi) is 15.1. The lowest BCUT2D eigenvalue weighted by Crippen LogP contribution is -2.46. The van der Waals surface area contributed by atoms with Crippen LogP contribution in [0.15, 0.2) is 136 Å². The Bertz CT molecular complexity index is 2780. The Balaban J connectivity index is 0.925. The third kappa shape index (κ3) is 11.2. The first-order chi connectivity index (χ1) is 32.2. The van der Waals surface area contributed by atoms with E-state index in [4.69, 9.17) is 11.6 Å². The largest absolute Gasteiger partial charge is 0.501 e. The van der Waals surface area contributed by atoms with Crippen molar-refractivity contribution in [1.29, 1.82) is 0 Å². The first-order valence-electron chi connectivity index (χ1n) is 22.1. The van der Waals surface area contributed by atoms with Crippen molar-refractivity contribution in [2.24, 2.45) is 7.05 Å². The second kappa shape index (κ2) is 20.9. The summed E-state index contributed by atoms with van der Waals surface area (Å²) in [5.41, 5.74) is 1.18. The Labute approximate surface area is 403 Å². The molecule has 2 saturated heterocycles. The van der Waals surface area contributed by atoms with Gasteiger partial charge >= 0.3 is 11.5 Å². The van der Waals surface area contributed by atoms with E-state index in [1.54, 1.807) is 30.0 Å². The maximum Gasteiger partial charge on any atom is 0.501 e. The number of carboxylic acids is 1. The number of aromatic carboxylic acids is 1. The van der Waals surface area contributed by atoms with Crippen LogP contribution in [0.1, 0.15) is 35.3 Å². The number of sulfone groups is 1. The number of thioether (sulfide) groups is 1. The highest BCUT2D eigenvalue weighted by atomic mass is 35.5. The number of hydrogen-bond donors (Lipinski definition) is 3. The van der Waals surface area contributed by atoms with Gasteiger partial charge in [0.1, 0.15) is 4.90 Å². The number of anilines is 4. The van der Waals surface area contributed by atoms with E-state index in [0.717, 1.165) is 110 Å². The van der Waals surface area contributed by atoms with Gasteiger partial charge in [0.2, 0.25) is 0 Å². The van der Waals surface area contributed by atoms with Crippen molar-refractivity contribution in [3.8, 4) is 22.4 Å². The summed E-state index contributed by atoms with van der Waals surface area (Å²) >= 11 is 8.82. The summed E-state index contributed by atoms with van der Waals surface area (Å²) in [6.45, 7) is 7.44. The lowest BCUT2D eigenvalue weighted by molar-refractivity contribution is -0.0435. The quantitative estimate of drug-likeness (QED) is 0.0600. The molecule has 0 amide bonds. The summed E-state index contributed by atoms with van der Waals surface area (Å²) in [5, 5.41) is 14.2. The molecule has 3 heterocycles. The Morgan fingerprint density at radius 2 is 1.46 bits per heavy atom. The molecular formula is C50H52ClF3N6O4S3. The lowest BCUT2D eigenvalue weighted by Gasteiger charge is -2.37. The molecule has 2 fully saturated rings. The summed E-state index contributed by atoms with van der Waals surface area (Å²) in [5.74, 6) is -0.449. The molecule has 6 aromatic rings. The summed E-state index contributed by atoms with van der Waals surface area (Å²) in [6, 6.07) is 36.8. The second-order valence-electron chi connectivity index (χ2n) is 16.7. The number of rotatable bonds is 17. The van der Waals surface area contributed by atoms with E-state index in [1.807, 2.05) is 103 Å². The fraction of sp³-hybridized carbons (Fsp3) is 0.300. The molecule has 0 unspecified atom stereocenters. The smallest absolute Gasteiger partial charge is 0.478 e. The van der Waals surface area contributed by atoms with Crippen LogP contribution in [0.2, 0.25) is 5.02 Å². The van der Waals surface area contributed by atoms with E-state index >= 15 is 0 Å². The van der Waals surface area contributed by atoms with Gasteiger partial charge in [0.25, 0.3) is 9.84 Å². The van der Waals surface area contributed by atoms with Gasteiger partial charge < -0.3 is 34.4 Å². The predicted octanol–water partition coefficient (Wildman–Crippen LogP) is 11.8. The van der Waals surface area contributed by atoms with Gasteiger partial charge in [-0.25, -0.2) is 13.2 Å². The number of carboxylic acid groups (broad SMARTS) is 1. The molecule has 1 atom stereocenters. The SMILES string of the molecule is Cc1c(C(=O)O)c(-c2cccc(N3CCN(c4ccc(NSc5ccc(N[C@H](CCN6CCCC6)CSc6ccccc6)c(S(=O)(=O)C(F)(F)F)c5)cc4)CC3)c2)c(-c2ccc(Cl)cc2)n1C. The van der Waals surface area contributed by atoms with Gasteiger partial charge in [-0.2, -0.15) is 13.2 Å². The molecular weight excluding hydrogens is 937 g/mol. The van der Waals surface area contributed by atoms with Crippen LogP contribution in [0, 0.1) is 6.92 Å². The number of likely N-dealkylation sites (tertiary alicyclic amines) is 1. The van der Waals surface area contributed by atoms with E-state index in [-0.39, 0.29) is 17.3 Å². The maximum atomic E-state index is 14.2. The van der Waals surface area contributed by atoms with Crippen LogP contribution in [-0.4, -0.2) is 92.1 Å². The molecule has 10 nitrogen and oxygen atoms in total. The van der Waals surface area contributed by atoms with Gasteiger partial charge in [0.05, 0.1) is 16.9 Å². The van der Waals surface area contributed by atoms with Crippen LogP contribution in [0.5, 0.6) is 0 Å². The summed E-state index contributed by atoms with van der Waals surface area (Å²) in [4.78, 5) is 20.1. The fourth-order valence-corrected chi connectivity index (χ4v) is 11.6. The molecule has 1 aromatic heterocycles. The number of benzene rings is 5. The summed E-state index contributed by atoms with van der Waals surface area (Å²) < 4.78 is 73.7. The first-order valence-corrected chi connectivity index (χ1v) is 25.8. The number of hydrogen-bond acceptors (Lipinski definition) is 10. The number of halogens is 4. The number of carbonyl (C=O) groups is 1. The van der Waals surface area contributed by atoms with Crippen molar-refractivity contribution in [2.75, 3.05) is 71.4 Å². The number of piperazine rings is 1. The molecule has 17 heteroatoms. The Morgan fingerprint density at radius 1 is 0.791 bits per heavy atom. The van der Waals surface area contributed by atoms with Crippen LogP contribution in [0.25, 0.3) is 22.4 Å². The van der Waals surface area contributed by atoms with Crippen molar-refractivity contribution in [3.05, 3.63) is 138 Å². The third-order valence-electron chi connectivity index (χ3n) is 12.4. The molecule has 3 N–H and O–H groups in total. The fourth-order valence-electron chi connectivity index (χ4n) is 8.74. The minimum Gasteiger partial charge on any atom is -0.478 e. The zero-order valence-electron chi connectivity index (χ0n) is 37.1. The molecule has 0 saturated carbocycles. The molecule has 5 aromatic carbocycles. The molecule has 2 aliphatic rings. The molecule has 0 spiro atoms. The molecule has 67 heavy (non-hydrogen) atoms. The molecule has 0 bridgehead atoms. The standard InChI is InChI=1S/C50H52ClF3N6O4S3/c1-34-46(49(61)62)47(48(57(34)2)35-13-15-37(51)16-14-35)36-9-8-10-41(31-36)60-29-27-59(28-30-60)40-19-17-38(18-20-40)56-66-43-21-22-44(45(32-43)67(63,64)50(52,53)54)55-39(23-26-58-24-6-7-25-58)33-65-42-11-4-3-5-12-42/h3-5,8-22,31-32,39,55-56H,6-7,23-30,33H2,1-2H3,(H,61,62)/t39-/m1/s1. The summed E-state index contributed by atoms with van der Waals surface area (Å²) in [6.07, 6.45) is 2.87. The predicted molar refractivity (Wildman–Crippen MR) is 268 cm³/mol. The van der Waals surface area contributed by atoms with Crippen LogP contribution < -0.4 is 19.8 Å². The van der Waals surface area contributed by atoms with Gasteiger partial charge in [-0.1, -0.05) is 54.1 Å². The second-order valence-corrected chi connectivity index (χ2v) is 21.1. The zero-order chi connectivity index (χ0) is 47.3. The van der Waals surface area contributed by atoms with E-state index in [0.29, 0.717) is 39.0 Å². The Morgan fingerprint density at radius 3 is 2.12 bits per heavy atom. The number of alkyl halides is 3. The van der Waals surface area contributed by atoms with Crippen molar-refractivity contribution in [3.63, 3.8) is 0 Å². The minimum absolute atomic E-state index is 0.0687. The van der Waals surface area contributed by atoms with Crippen LogP contribution in [0.4, 0.5) is 35.9 Å². The van der Waals surface area contributed by atoms with Crippen LogP contribution in [-0.2, 0) is 16.9 Å². The minimum atomic E-state index is -5.69. The highest BCUT2D eigenvalue weighted by molar-refractivity contribution is 8.00. The van der Waals surface area contributed by atoms with E-state index < -0.39 is 26.2 Å². The van der Waals surface area contributed by atoms with E-state index in [9.17, 15) is 31.5 Å². The van der Waals surface area contributed by atoms with Gasteiger partial charge in [-0.05, 0) is 141 Å². The van der Waals surface area contributed by atoms with Crippen molar-refractivity contribution in [2.45, 2.75) is 52.4 Å². The highest BCUT2D eigenvalue weighted by Crippen LogP contribution is 2.41. The number of nitrogens with zero attached hydrogens (tertiary/aromatic N) is 4. The number of nitrogens with one attached hydrogen (secondary N) is 2. The molecule has 0 radical (unpaired) electrons. The third-order valence-corrected chi connectivity index (χ3v) is 16.2. The van der Waals surface area contributed by atoms with Crippen molar-refractivity contribution in [1.82, 2.24) is 9.47 Å². The van der Waals surface area contributed by atoms with Gasteiger partial charge in [0.15, 0.2) is 0 Å². The normalized spacial score (nSPS) is 15.2. The topological polar surface area (TPSA) is 110 Å². The van der Waals surface area contributed by atoms with Gasteiger partial charge in [0, 0.05) is 94.7 Å². The Hall–Kier alpha value is -5.26. The van der Waals surface area contributed by atoms with Crippen molar-refractivity contribution < 1.29 is 31.5 Å². The van der Waals surface area contributed by atoms with E-state index in [2.05, 4.69) is 30.8 Å². The zero-order valence-corrected chi connectivity index (χ0v) is 40.3. The molecule has 0 aliphatic carbocycles. The highest BCUT2D eigenvalue weighted by Gasteiger charge is 2.48. The average molecular weight is 990 g/mol. The van der Waals surface area contributed by atoms with Crippen LogP contribution in [0.3, 0.4) is 0 Å². The van der Waals surface area contributed by atoms with Gasteiger partial charge in [-0.15, -0.1) is 11.8 Å². The molecule has 2 aliphatic heterocycles. The van der Waals surface area contributed by atoms with Gasteiger partial charge in [-0.3, -0.25) is 0 Å².